The van der Waals surface area contributed by atoms with Gasteiger partial charge in [-0.2, -0.15) is 0 Å². The first-order valence-corrected chi connectivity index (χ1v) is 9.50. The molecule has 1 aliphatic carbocycles. The monoisotopic (exact) mass is 378 g/mol. The predicted molar refractivity (Wildman–Crippen MR) is 104 cm³/mol. The molecule has 1 unspecified atom stereocenters. The van der Waals surface area contributed by atoms with Crippen molar-refractivity contribution in [2.45, 2.75) is 11.3 Å². The van der Waals surface area contributed by atoms with Crippen LogP contribution in [0.25, 0.3) is 0 Å². The first kappa shape index (κ1) is 17.6. The van der Waals surface area contributed by atoms with Crippen molar-refractivity contribution in [3.8, 4) is 11.5 Å². The van der Waals surface area contributed by atoms with Crippen LogP contribution in [0.5, 0.6) is 11.5 Å². The number of benzene rings is 2. The fraction of sp³-hybridized carbons (Fsp3) is 0.182. The lowest BCUT2D eigenvalue weighted by Crippen LogP contribution is -2.28. The minimum Gasteiger partial charge on any atom is -0.497 e. The molecule has 4 rings (SSSR count). The molecule has 1 aliphatic heterocycles. The van der Waals surface area contributed by atoms with E-state index in [1.165, 1.54) is 23.9 Å². The van der Waals surface area contributed by atoms with Crippen LogP contribution in [0.3, 0.4) is 0 Å². The first-order chi connectivity index (χ1) is 13.1. The Morgan fingerprint density at radius 2 is 1.85 bits per heavy atom. The predicted octanol–water partition coefficient (Wildman–Crippen LogP) is 4.00. The van der Waals surface area contributed by atoms with Gasteiger partial charge in [-0.05, 0) is 36.3 Å². The maximum Gasteiger partial charge on any atom is 0.193 e. The molecule has 5 heteroatoms. The van der Waals surface area contributed by atoms with Gasteiger partial charge in [0.2, 0.25) is 0 Å². The molecule has 0 N–H and O–H groups in total. The van der Waals surface area contributed by atoms with Crippen molar-refractivity contribution in [1.29, 1.82) is 0 Å². The number of hydrogen-bond acceptors (Lipinski definition) is 5. The minimum atomic E-state index is -0.126. The molecule has 0 saturated carbocycles. The Labute approximate surface area is 161 Å². The van der Waals surface area contributed by atoms with Gasteiger partial charge in [0.15, 0.2) is 11.6 Å². The average Bonchev–Trinajstić information content (AvgIpc) is 2.70. The Kier molecular flexibility index (Phi) is 4.86. The topological polar surface area (TPSA) is 52.6 Å². The highest BCUT2D eigenvalue weighted by molar-refractivity contribution is 8.04. The summed E-state index contributed by atoms with van der Waals surface area (Å²) < 4.78 is 11.0. The van der Waals surface area contributed by atoms with E-state index in [2.05, 4.69) is 0 Å². The van der Waals surface area contributed by atoms with Crippen LogP contribution in [0.2, 0.25) is 0 Å². The normalized spacial score (nSPS) is 18.9. The third kappa shape index (κ3) is 3.69. The second kappa shape index (κ2) is 7.45. The van der Waals surface area contributed by atoms with E-state index in [0.29, 0.717) is 23.5 Å². The maximum absolute atomic E-state index is 12.7. The second-order valence-electron chi connectivity index (χ2n) is 6.44. The number of carbonyl (C=O) groups is 2. The number of hydrogen-bond donors (Lipinski definition) is 0. The molecular weight excluding hydrogens is 360 g/mol. The van der Waals surface area contributed by atoms with Crippen LogP contribution in [0.1, 0.15) is 5.56 Å². The van der Waals surface area contributed by atoms with Crippen LogP contribution in [-0.2, 0) is 16.0 Å². The van der Waals surface area contributed by atoms with E-state index < -0.39 is 0 Å². The lowest BCUT2D eigenvalue weighted by Gasteiger charge is -2.27. The third-order valence-corrected chi connectivity index (χ3v) is 5.71. The minimum absolute atomic E-state index is 0.112. The van der Waals surface area contributed by atoms with Crippen molar-refractivity contribution in [2.75, 3.05) is 13.7 Å². The molecule has 27 heavy (non-hydrogen) atoms. The Bertz CT molecular complexity index is 960. The number of thioether (sulfide) groups is 1. The molecule has 0 bridgehead atoms. The quantitative estimate of drug-likeness (QED) is 0.753. The van der Waals surface area contributed by atoms with Gasteiger partial charge >= 0.3 is 0 Å². The van der Waals surface area contributed by atoms with Crippen molar-refractivity contribution >= 4 is 23.3 Å². The van der Waals surface area contributed by atoms with Gasteiger partial charge in [-0.25, -0.2) is 0 Å². The molecule has 2 aromatic rings. The summed E-state index contributed by atoms with van der Waals surface area (Å²) in [5.74, 6) is 1.15. The molecule has 0 radical (unpaired) electrons. The van der Waals surface area contributed by atoms with Gasteiger partial charge in [0.05, 0.1) is 18.6 Å². The van der Waals surface area contributed by atoms with E-state index in [9.17, 15) is 9.59 Å². The maximum atomic E-state index is 12.7. The van der Waals surface area contributed by atoms with Crippen LogP contribution in [-0.4, -0.2) is 25.3 Å². The number of ketones is 2. The van der Waals surface area contributed by atoms with Crippen molar-refractivity contribution in [1.82, 2.24) is 0 Å². The molecular formula is C22H18O4S. The van der Waals surface area contributed by atoms with Gasteiger partial charge in [0, 0.05) is 28.5 Å². The summed E-state index contributed by atoms with van der Waals surface area (Å²) >= 11 is 1.32. The molecule has 0 aromatic heterocycles. The summed E-state index contributed by atoms with van der Waals surface area (Å²) in [5.41, 5.74) is 1.54. The Balaban J connectivity index is 1.51. The lowest BCUT2D eigenvalue weighted by molar-refractivity contribution is -0.115. The summed E-state index contributed by atoms with van der Waals surface area (Å²) in [4.78, 5) is 26.6. The number of methoxy groups -OCH3 is 1. The molecule has 2 aromatic carbocycles. The number of ether oxygens (including phenoxy) is 2. The molecule has 2 aliphatic rings. The van der Waals surface area contributed by atoms with Crippen LogP contribution < -0.4 is 9.47 Å². The second-order valence-corrected chi connectivity index (χ2v) is 7.55. The van der Waals surface area contributed by atoms with Crippen molar-refractivity contribution in [2.24, 2.45) is 5.92 Å². The summed E-state index contributed by atoms with van der Waals surface area (Å²) in [6.45, 7) is 0.375. The third-order valence-electron chi connectivity index (χ3n) is 4.67. The average molecular weight is 378 g/mol. The SMILES string of the molecule is COc1ccc2c(c1)OCC(C1=CC(=O)C(Sc3ccccc3)=CC1=O)C2. The van der Waals surface area contributed by atoms with Crippen molar-refractivity contribution in [3.05, 3.63) is 76.7 Å². The van der Waals surface area contributed by atoms with E-state index in [1.54, 1.807) is 7.11 Å². The van der Waals surface area contributed by atoms with E-state index in [4.69, 9.17) is 9.47 Å². The molecule has 4 nitrogen and oxygen atoms in total. The van der Waals surface area contributed by atoms with Crippen LogP contribution in [0, 0.1) is 5.92 Å². The first-order valence-electron chi connectivity index (χ1n) is 8.68. The molecule has 0 saturated heterocycles. The number of carbonyl (C=O) groups excluding carboxylic acids is 2. The highest BCUT2D eigenvalue weighted by Gasteiger charge is 2.30. The van der Waals surface area contributed by atoms with Gasteiger partial charge in [0.25, 0.3) is 0 Å². The zero-order valence-electron chi connectivity index (χ0n) is 14.8. The van der Waals surface area contributed by atoms with Crippen molar-refractivity contribution in [3.63, 3.8) is 0 Å². The van der Waals surface area contributed by atoms with E-state index in [-0.39, 0.29) is 17.5 Å². The Morgan fingerprint density at radius 3 is 2.63 bits per heavy atom. The fourth-order valence-electron chi connectivity index (χ4n) is 3.25. The van der Waals surface area contributed by atoms with Gasteiger partial charge in [0.1, 0.15) is 11.5 Å². The smallest absolute Gasteiger partial charge is 0.193 e. The summed E-state index contributed by atoms with van der Waals surface area (Å²) in [6.07, 6.45) is 3.61. The number of fused-ring (bicyclic) bond motifs is 1. The van der Waals surface area contributed by atoms with Crippen LogP contribution >= 0.6 is 11.8 Å². The van der Waals surface area contributed by atoms with Crippen LogP contribution in [0.4, 0.5) is 0 Å². The standard InChI is InChI=1S/C22H18O4S/c1-25-16-8-7-14-9-15(13-26-21(14)10-16)18-11-20(24)22(12-19(18)23)27-17-5-3-2-4-6-17/h2-8,10-12,15H,9,13H2,1H3. The zero-order chi connectivity index (χ0) is 18.8. The van der Waals surface area contributed by atoms with E-state index in [0.717, 1.165) is 22.0 Å². The van der Waals surface area contributed by atoms with Gasteiger partial charge in [-0.15, -0.1) is 0 Å². The lowest BCUT2D eigenvalue weighted by atomic mass is 9.85. The van der Waals surface area contributed by atoms with E-state index in [1.807, 2.05) is 48.5 Å². The van der Waals surface area contributed by atoms with Gasteiger partial charge < -0.3 is 9.47 Å². The Morgan fingerprint density at radius 1 is 1.04 bits per heavy atom. The summed E-state index contributed by atoms with van der Waals surface area (Å²) in [6, 6.07) is 15.2. The highest BCUT2D eigenvalue weighted by Crippen LogP contribution is 2.36. The molecule has 1 heterocycles. The molecule has 0 spiro atoms. The molecule has 1 atom stereocenters. The molecule has 0 fully saturated rings. The fourth-order valence-corrected chi connectivity index (χ4v) is 4.12. The zero-order valence-corrected chi connectivity index (χ0v) is 15.6. The van der Waals surface area contributed by atoms with Crippen molar-refractivity contribution < 1.29 is 19.1 Å². The van der Waals surface area contributed by atoms with Gasteiger partial charge in [-0.3, -0.25) is 9.59 Å². The van der Waals surface area contributed by atoms with Crippen LogP contribution in [0.15, 0.2) is 76.1 Å². The number of rotatable bonds is 4. The Hall–Kier alpha value is -2.79. The summed E-state index contributed by atoms with van der Waals surface area (Å²) in [7, 11) is 1.61. The van der Waals surface area contributed by atoms with Gasteiger partial charge in [-0.1, -0.05) is 36.0 Å². The highest BCUT2D eigenvalue weighted by atomic mass is 32.2. The molecule has 0 amide bonds. The summed E-state index contributed by atoms with van der Waals surface area (Å²) in [5, 5.41) is 0. The van der Waals surface area contributed by atoms with E-state index >= 15 is 0 Å². The number of allylic oxidation sites excluding steroid dienone is 3. The largest absolute Gasteiger partial charge is 0.497 e. The molecule has 136 valence electrons.